The Hall–Kier alpha value is -2.69. The highest BCUT2D eigenvalue weighted by Crippen LogP contribution is 2.29. The Morgan fingerprint density at radius 1 is 1.16 bits per heavy atom. The van der Waals surface area contributed by atoms with E-state index in [1.807, 2.05) is 0 Å². The zero-order valence-corrected chi connectivity index (χ0v) is 19.5. The summed E-state index contributed by atoms with van der Waals surface area (Å²) in [6.07, 6.45) is 1.32. The summed E-state index contributed by atoms with van der Waals surface area (Å²) in [5.74, 6) is 0.0841. The number of rotatable bonds is 8. The minimum absolute atomic E-state index is 0.258. The van der Waals surface area contributed by atoms with Crippen LogP contribution in [-0.2, 0) is 14.8 Å². The van der Waals surface area contributed by atoms with Crippen LogP contribution >= 0.6 is 22.9 Å². The molecule has 1 amide bonds. The standard InChI is InChI=1S/C20H21ClN4O4S2/c1-4-17(25(31(3,27)28)15-9-11-16(29-2)12-10-15)18(26)22-20-24-23-19(30-20)13-5-7-14(21)8-6-13/h5-12,17H,4H2,1-3H3,(H,22,24,26). The molecule has 0 aliphatic heterocycles. The Balaban J connectivity index is 1.84. The molecule has 2 aromatic carbocycles. The predicted octanol–water partition coefficient (Wildman–Crippen LogP) is 4.05. The Morgan fingerprint density at radius 3 is 2.35 bits per heavy atom. The Morgan fingerprint density at radius 2 is 1.81 bits per heavy atom. The highest BCUT2D eigenvalue weighted by atomic mass is 35.5. The van der Waals surface area contributed by atoms with Crippen LogP contribution in [0.2, 0.25) is 5.02 Å². The molecule has 1 N–H and O–H groups in total. The summed E-state index contributed by atoms with van der Waals surface area (Å²) in [4.78, 5) is 13.0. The molecule has 0 aliphatic carbocycles. The topological polar surface area (TPSA) is 101 Å². The number of carbonyl (C=O) groups excluding carboxylic acids is 1. The van der Waals surface area contributed by atoms with Gasteiger partial charge < -0.3 is 4.74 Å². The summed E-state index contributed by atoms with van der Waals surface area (Å²) in [6.45, 7) is 1.74. The van der Waals surface area contributed by atoms with Crippen LogP contribution in [0.15, 0.2) is 48.5 Å². The summed E-state index contributed by atoms with van der Waals surface area (Å²) in [6, 6.07) is 12.6. The minimum Gasteiger partial charge on any atom is -0.497 e. The van der Waals surface area contributed by atoms with E-state index in [1.54, 1.807) is 55.5 Å². The van der Waals surface area contributed by atoms with E-state index in [9.17, 15) is 13.2 Å². The summed E-state index contributed by atoms with van der Waals surface area (Å²) < 4.78 is 31.3. The third-order valence-corrected chi connectivity index (χ3v) is 6.72. The van der Waals surface area contributed by atoms with Crippen LogP contribution in [0, 0.1) is 0 Å². The molecular weight excluding hydrogens is 460 g/mol. The number of nitrogens with zero attached hydrogens (tertiary/aromatic N) is 3. The fraction of sp³-hybridized carbons (Fsp3) is 0.250. The third kappa shape index (κ3) is 5.52. The maximum Gasteiger partial charge on any atom is 0.250 e. The van der Waals surface area contributed by atoms with E-state index in [0.717, 1.165) is 16.1 Å². The lowest BCUT2D eigenvalue weighted by atomic mass is 10.2. The van der Waals surface area contributed by atoms with Gasteiger partial charge in [0.15, 0.2) is 0 Å². The molecule has 164 valence electrons. The number of benzene rings is 2. The maximum absolute atomic E-state index is 13.0. The van der Waals surface area contributed by atoms with Crippen molar-refractivity contribution in [2.45, 2.75) is 19.4 Å². The number of anilines is 2. The number of hydrogen-bond acceptors (Lipinski definition) is 7. The normalized spacial score (nSPS) is 12.3. The number of halogens is 1. The molecule has 0 saturated carbocycles. The summed E-state index contributed by atoms with van der Waals surface area (Å²) in [7, 11) is -2.22. The number of hydrogen-bond donors (Lipinski definition) is 1. The number of amides is 1. The number of nitrogens with one attached hydrogen (secondary N) is 1. The van der Waals surface area contributed by atoms with Crippen molar-refractivity contribution < 1.29 is 17.9 Å². The Labute approximate surface area is 189 Å². The van der Waals surface area contributed by atoms with E-state index in [4.69, 9.17) is 16.3 Å². The molecule has 3 rings (SSSR count). The first kappa shape index (κ1) is 23.0. The zero-order valence-electron chi connectivity index (χ0n) is 17.1. The lowest BCUT2D eigenvalue weighted by Crippen LogP contribution is -2.46. The van der Waals surface area contributed by atoms with Crippen LogP contribution in [0.3, 0.4) is 0 Å². The van der Waals surface area contributed by atoms with Crippen LogP contribution < -0.4 is 14.4 Å². The van der Waals surface area contributed by atoms with Gasteiger partial charge in [-0.05, 0) is 42.8 Å². The number of methoxy groups -OCH3 is 1. The van der Waals surface area contributed by atoms with Crippen LogP contribution in [-0.4, -0.2) is 43.9 Å². The number of carbonyl (C=O) groups is 1. The number of ether oxygens (including phenoxy) is 1. The summed E-state index contributed by atoms with van der Waals surface area (Å²) >= 11 is 7.09. The second-order valence-electron chi connectivity index (χ2n) is 6.59. The second kappa shape index (κ2) is 9.63. The fourth-order valence-corrected chi connectivity index (χ4v) is 5.05. The Bertz CT molecular complexity index is 1150. The minimum atomic E-state index is -3.74. The fourth-order valence-electron chi connectivity index (χ4n) is 2.96. The quantitative estimate of drug-likeness (QED) is 0.522. The molecule has 1 atom stereocenters. The van der Waals surface area contributed by atoms with E-state index in [2.05, 4.69) is 15.5 Å². The second-order valence-corrected chi connectivity index (χ2v) is 9.86. The van der Waals surface area contributed by atoms with Gasteiger partial charge in [0.25, 0.3) is 0 Å². The predicted molar refractivity (Wildman–Crippen MR) is 123 cm³/mol. The molecule has 0 fully saturated rings. The Kier molecular flexibility index (Phi) is 7.14. The van der Waals surface area contributed by atoms with E-state index in [1.165, 1.54) is 18.4 Å². The van der Waals surface area contributed by atoms with Crippen molar-refractivity contribution >= 4 is 49.7 Å². The molecule has 1 heterocycles. The van der Waals surface area contributed by atoms with Crippen LogP contribution in [0.25, 0.3) is 10.6 Å². The van der Waals surface area contributed by atoms with Gasteiger partial charge in [-0.25, -0.2) is 8.42 Å². The highest BCUT2D eigenvalue weighted by Gasteiger charge is 2.32. The van der Waals surface area contributed by atoms with Gasteiger partial charge in [0.05, 0.1) is 19.1 Å². The van der Waals surface area contributed by atoms with Gasteiger partial charge >= 0.3 is 0 Å². The zero-order chi connectivity index (χ0) is 22.6. The molecular formula is C20H21ClN4O4S2. The van der Waals surface area contributed by atoms with Gasteiger partial charge in [-0.3, -0.25) is 14.4 Å². The molecule has 0 aliphatic rings. The van der Waals surface area contributed by atoms with Gasteiger partial charge in [0.1, 0.15) is 16.8 Å². The van der Waals surface area contributed by atoms with Crippen molar-refractivity contribution in [3.8, 4) is 16.3 Å². The van der Waals surface area contributed by atoms with Gasteiger partial charge in [-0.2, -0.15) is 0 Å². The molecule has 11 heteroatoms. The average Bonchev–Trinajstić information content (AvgIpc) is 3.20. The first-order chi connectivity index (χ1) is 14.7. The molecule has 0 radical (unpaired) electrons. The molecule has 0 saturated heterocycles. The van der Waals surface area contributed by atoms with E-state index in [0.29, 0.717) is 21.5 Å². The van der Waals surface area contributed by atoms with Crippen molar-refractivity contribution in [2.75, 3.05) is 23.0 Å². The largest absolute Gasteiger partial charge is 0.497 e. The van der Waals surface area contributed by atoms with Crippen molar-refractivity contribution in [2.24, 2.45) is 0 Å². The van der Waals surface area contributed by atoms with Crippen LogP contribution in [0.5, 0.6) is 5.75 Å². The molecule has 1 unspecified atom stereocenters. The van der Waals surface area contributed by atoms with Crippen molar-refractivity contribution in [3.63, 3.8) is 0 Å². The van der Waals surface area contributed by atoms with Gasteiger partial charge in [-0.1, -0.05) is 42.0 Å². The van der Waals surface area contributed by atoms with Crippen molar-refractivity contribution in [3.05, 3.63) is 53.6 Å². The molecule has 3 aromatic rings. The molecule has 8 nitrogen and oxygen atoms in total. The summed E-state index contributed by atoms with van der Waals surface area (Å²) in [5, 5.41) is 12.3. The average molecular weight is 481 g/mol. The van der Waals surface area contributed by atoms with Crippen LogP contribution in [0.4, 0.5) is 10.8 Å². The van der Waals surface area contributed by atoms with E-state index < -0.39 is 22.0 Å². The van der Waals surface area contributed by atoms with Crippen molar-refractivity contribution in [1.29, 1.82) is 0 Å². The monoisotopic (exact) mass is 480 g/mol. The lowest BCUT2D eigenvalue weighted by molar-refractivity contribution is -0.117. The molecule has 0 bridgehead atoms. The van der Waals surface area contributed by atoms with Gasteiger partial charge in [-0.15, -0.1) is 10.2 Å². The SMILES string of the molecule is CCC(C(=O)Nc1nnc(-c2ccc(Cl)cc2)s1)N(c1ccc(OC)cc1)S(C)(=O)=O. The van der Waals surface area contributed by atoms with Crippen molar-refractivity contribution in [1.82, 2.24) is 10.2 Å². The van der Waals surface area contributed by atoms with E-state index >= 15 is 0 Å². The summed E-state index contributed by atoms with van der Waals surface area (Å²) in [5.41, 5.74) is 1.18. The van der Waals surface area contributed by atoms with Gasteiger partial charge in [0.2, 0.25) is 21.1 Å². The van der Waals surface area contributed by atoms with Gasteiger partial charge in [0, 0.05) is 10.6 Å². The molecule has 31 heavy (non-hydrogen) atoms. The van der Waals surface area contributed by atoms with E-state index in [-0.39, 0.29) is 11.6 Å². The van der Waals surface area contributed by atoms with Crippen LogP contribution in [0.1, 0.15) is 13.3 Å². The maximum atomic E-state index is 13.0. The number of sulfonamides is 1. The third-order valence-electron chi connectivity index (χ3n) is 4.40. The lowest BCUT2D eigenvalue weighted by Gasteiger charge is -2.29. The highest BCUT2D eigenvalue weighted by molar-refractivity contribution is 7.92. The molecule has 1 aromatic heterocycles. The first-order valence-corrected chi connectivity index (χ1v) is 12.3. The molecule has 0 spiro atoms. The number of aromatic nitrogens is 2. The first-order valence-electron chi connectivity index (χ1n) is 9.26. The smallest absolute Gasteiger partial charge is 0.250 e.